The number of allylic oxidation sites excluding steroid dienone is 2. The van der Waals surface area contributed by atoms with Gasteiger partial charge in [0.25, 0.3) is 0 Å². The minimum absolute atomic E-state index is 1.19. The smallest absolute Gasteiger partial charge is 0.00189 e. The van der Waals surface area contributed by atoms with Crippen molar-refractivity contribution in [2.24, 2.45) is 0 Å². The van der Waals surface area contributed by atoms with Gasteiger partial charge in [-0.25, -0.2) is 0 Å². The van der Waals surface area contributed by atoms with E-state index in [1.165, 1.54) is 38.9 Å². The summed E-state index contributed by atoms with van der Waals surface area (Å²) in [6.07, 6.45) is 8.31. The Morgan fingerprint density at radius 3 is 2.25 bits per heavy atom. The molecule has 0 heterocycles. The molecule has 0 spiro atoms. The topological polar surface area (TPSA) is 3.24 Å². The minimum Gasteiger partial charge on any atom is -0.304 e. The summed E-state index contributed by atoms with van der Waals surface area (Å²) in [5.74, 6) is 0. The molecule has 0 aliphatic carbocycles. The molecule has 1 nitrogen and oxygen atoms in total. The minimum atomic E-state index is 1.19. The number of rotatable bonds is 7. The number of hydrogen-bond donors (Lipinski definition) is 0. The third-order valence-corrected chi connectivity index (χ3v) is 2.23. The van der Waals surface area contributed by atoms with E-state index in [4.69, 9.17) is 0 Å². The van der Waals surface area contributed by atoms with Crippen molar-refractivity contribution in [3.8, 4) is 0 Å². The highest BCUT2D eigenvalue weighted by molar-refractivity contribution is 4.76. The first-order valence-corrected chi connectivity index (χ1v) is 5.18. The van der Waals surface area contributed by atoms with Gasteiger partial charge < -0.3 is 4.90 Å². The second kappa shape index (κ2) is 8.79. The lowest BCUT2D eigenvalue weighted by Gasteiger charge is -2.17. The Morgan fingerprint density at radius 1 is 1.08 bits per heavy atom. The molecule has 0 rings (SSSR count). The molecule has 0 aliphatic heterocycles. The summed E-state index contributed by atoms with van der Waals surface area (Å²) >= 11 is 0. The average molecular weight is 169 g/mol. The van der Waals surface area contributed by atoms with Gasteiger partial charge in [0.15, 0.2) is 0 Å². The molecule has 0 aromatic rings. The fraction of sp³-hybridized carbons (Fsp3) is 0.818. The van der Waals surface area contributed by atoms with E-state index in [0.29, 0.717) is 0 Å². The summed E-state index contributed by atoms with van der Waals surface area (Å²) in [4.78, 5) is 2.48. The van der Waals surface area contributed by atoms with Crippen LogP contribution < -0.4 is 0 Å². The van der Waals surface area contributed by atoms with E-state index < -0.39 is 0 Å². The number of hydrogen-bond acceptors (Lipinski definition) is 1. The van der Waals surface area contributed by atoms with Crippen molar-refractivity contribution in [3.63, 3.8) is 0 Å². The Balaban J connectivity index is 3.17. The maximum Gasteiger partial charge on any atom is -0.00189 e. The molecule has 0 saturated heterocycles. The molecule has 12 heavy (non-hydrogen) atoms. The van der Waals surface area contributed by atoms with Crippen LogP contribution in [-0.2, 0) is 0 Å². The van der Waals surface area contributed by atoms with Gasteiger partial charge in [0.1, 0.15) is 0 Å². The van der Waals surface area contributed by atoms with Crippen LogP contribution in [-0.4, -0.2) is 24.5 Å². The van der Waals surface area contributed by atoms with Crippen LogP contribution in [0.3, 0.4) is 0 Å². The van der Waals surface area contributed by atoms with Gasteiger partial charge in [0.05, 0.1) is 0 Å². The third-order valence-electron chi connectivity index (χ3n) is 2.23. The largest absolute Gasteiger partial charge is 0.304 e. The molecule has 0 aromatic heterocycles. The van der Waals surface area contributed by atoms with Gasteiger partial charge in [-0.2, -0.15) is 0 Å². The SMILES string of the molecule is CC=CCCCCN(CC)CC. The maximum absolute atomic E-state index is 2.48. The predicted octanol–water partition coefficient (Wildman–Crippen LogP) is 3.07. The molecule has 0 aromatic carbocycles. The summed E-state index contributed by atoms with van der Waals surface area (Å²) < 4.78 is 0. The van der Waals surface area contributed by atoms with Crippen LogP contribution in [0, 0.1) is 0 Å². The Kier molecular flexibility index (Phi) is 8.57. The van der Waals surface area contributed by atoms with Crippen LogP contribution in [0.2, 0.25) is 0 Å². The van der Waals surface area contributed by atoms with Gasteiger partial charge in [0, 0.05) is 0 Å². The van der Waals surface area contributed by atoms with Gasteiger partial charge in [-0.05, 0) is 45.8 Å². The monoisotopic (exact) mass is 169 g/mol. The van der Waals surface area contributed by atoms with Crippen molar-refractivity contribution in [2.45, 2.75) is 40.0 Å². The van der Waals surface area contributed by atoms with E-state index in [-0.39, 0.29) is 0 Å². The standard InChI is InChI=1S/C11H23N/c1-4-7-8-9-10-11-12(5-2)6-3/h4,7H,5-6,8-11H2,1-3H3. The summed E-state index contributed by atoms with van der Waals surface area (Å²) in [5.41, 5.74) is 0. The third kappa shape index (κ3) is 6.41. The summed E-state index contributed by atoms with van der Waals surface area (Å²) in [7, 11) is 0. The second-order valence-corrected chi connectivity index (χ2v) is 3.09. The Morgan fingerprint density at radius 2 is 1.75 bits per heavy atom. The van der Waals surface area contributed by atoms with Gasteiger partial charge in [-0.3, -0.25) is 0 Å². The van der Waals surface area contributed by atoms with Gasteiger partial charge >= 0.3 is 0 Å². The number of nitrogens with zero attached hydrogens (tertiary/aromatic N) is 1. The molecule has 0 saturated carbocycles. The normalized spacial score (nSPS) is 11.7. The molecule has 0 fully saturated rings. The first-order valence-electron chi connectivity index (χ1n) is 5.18. The molecule has 0 radical (unpaired) electrons. The molecule has 0 N–H and O–H groups in total. The summed E-state index contributed by atoms with van der Waals surface area (Å²) in [6, 6.07) is 0. The van der Waals surface area contributed by atoms with Crippen LogP contribution in [0.5, 0.6) is 0 Å². The molecule has 0 atom stereocenters. The first kappa shape index (κ1) is 11.7. The van der Waals surface area contributed by atoms with Crippen LogP contribution >= 0.6 is 0 Å². The highest BCUT2D eigenvalue weighted by atomic mass is 15.1. The van der Waals surface area contributed by atoms with Crippen molar-refractivity contribution in [3.05, 3.63) is 12.2 Å². The predicted molar refractivity (Wildman–Crippen MR) is 56.5 cm³/mol. The maximum atomic E-state index is 2.48. The van der Waals surface area contributed by atoms with E-state index in [2.05, 4.69) is 37.8 Å². The van der Waals surface area contributed by atoms with E-state index >= 15 is 0 Å². The Labute approximate surface area is 77.5 Å². The van der Waals surface area contributed by atoms with Crippen LogP contribution in [0.1, 0.15) is 40.0 Å². The lowest BCUT2D eigenvalue weighted by molar-refractivity contribution is 0.297. The highest BCUT2D eigenvalue weighted by Crippen LogP contribution is 1.99. The highest BCUT2D eigenvalue weighted by Gasteiger charge is 1.96. The van der Waals surface area contributed by atoms with Crippen molar-refractivity contribution >= 4 is 0 Å². The molecule has 1 heteroatoms. The van der Waals surface area contributed by atoms with Gasteiger partial charge in [0.2, 0.25) is 0 Å². The van der Waals surface area contributed by atoms with E-state index in [0.717, 1.165) is 0 Å². The molecule has 0 aliphatic rings. The molecular weight excluding hydrogens is 146 g/mol. The molecular formula is C11H23N. The first-order chi connectivity index (χ1) is 5.85. The van der Waals surface area contributed by atoms with Gasteiger partial charge in [-0.15, -0.1) is 0 Å². The van der Waals surface area contributed by atoms with Crippen LogP contribution in [0.15, 0.2) is 12.2 Å². The molecule has 72 valence electrons. The van der Waals surface area contributed by atoms with E-state index in [9.17, 15) is 0 Å². The average Bonchev–Trinajstić information content (AvgIpc) is 2.11. The van der Waals surface area contributed by atoms with Crippen molar-refractivity contribution in [2.75, 3.05) is 19.6 Å². The quantitative estimate of drug-likeness (QED) is 0.418. The fourth-order valence-corrected chi connectivity index (χ4v) is 1.30. The zero-order chi connectivity index (χ0) is 9.23. The lowest BCUT2D eigenvalue weighted by atomic mass is 10.2. The Hall–Kier alpha value is -0.300. The molecule has 0 amide bonds. The van der Waals surface area contributed by atoms with Crippen LogP contribution in [0.4, 0.5) is 0 Å². The zero-order valence-electron chi connectivity index (χ0n) is 8.84. The van der Waals surface area contributed by atoms with Crippen LogP contribution in [0.25, 0.3) is 0 Å². The number of unbranched alkanes of at least 4 members (excludes halogenated alkanes) is 2. The molecule has 0 bridgehead atoms. The van der Waals surface area contributed by atoms with Crippen molar-refractivity contribution in [1.29, 1.82) is 0 Å². The van der Waals surface area contributed by atoms with E-state index in [1.807, 2.05) is 0 Å². The second-order valence-electron chi connectivity index (χ2n) is 3.09. The van der Waals surface area contributed by atoms with Crippen molar-refractivity contribution < 1.29 is 0 Å². The molecule has 0 unspecified atom stereocenters. The van der Waals surface area contributed by atoms with Gasteiger partial charge in [-0.1, -0.05) is 26.0 Å². The lowest BCUT2D eigenvalue weighted by Crippen LogP contribution is -2.23. The summed E-state index contributed by atoms with van der Waals surface area (Å²) in [6.45, 7) is 10.2. The fourth-order valence-electron chi connectivity index (χ4n) is 1.30. The summed E-state index contributed by atoms with van der Waals surface area (Å²) in [5, 5.41) is 0. The zero-order valence-corrected chi connectivity index (χ0v) is 8.84. The van der Waals surface area contributed by atoms with Crippen molar-refractivity contribution in [1.82, 2.24) is 4.90 Å². The van der Waals surface area contributed by atoms with E-state index in [1.54, 1.807) is 0 Å². The Bertz CT molecular complexity index is 104.